The molecule has 0 fully saturated rings. The molecule has 1 amide bonds. The van der Waals surface area contributed by atoms with Crippen LogP contribution in [0.1, 0.15) is 32.6 Å². The number of hydrogen-bond acceptors (Lipinski definition) is 1. The van der Waals surface area contributed by atoms with Gasteiger partial charge in [-0.1, -0.05) is 38.0 Å². The monoisotopic (exact) mass is 190 g/mol. The molecular formula is C12H16NO. The molecule has 1 aromatic carbocycles. The summed E-state index contributed by atoms with van der Waals surface area (Å²) in [6.07, 6.45) is 3.84. The number of amides is 1. The fourth-order valence-corrected chi connectivity index (χ4v) is 1.22. The highest BCUT2D eigenvalue weighted by Crippen LogP contribution is 2.06. The molecule has 0 bridgehead atoms. The number of para-hydroxylation sites is 1. The summed E-state index contributed by atoms with van der Waals surface area (Å²) in [5.74, 6) is 0.0842. The van der Waals surface area contributed by atoms with Crippen molar-refractivity contribution in [1.29, 1.82) is 0 Å². The molecule has 0 atom stereocenters. The zero-order valence-corrected chi connectivity index (χ0v) is 8.55. The number of nitrogens with one attached hydrogen (secondary N) is 1. The van der Waals surface area contributed by atoms with Gasteiger partial charge in [0.2, 0.25) is 5.91 Å². The van der Waals surface area contributed by atoms with Crippen LogP contribution in [0.2, 0.25) is 0 Å². The molecule has 75 valence electrons. The number of rotatable bonds is 5. The molecule has 0 heterocycles. The summed E-state index contributed by atoms with van der Waals surface area (Å²) in [6.45, 7) is 2.13. The van der Waals surface area contributed by atoms with Crippen molar-refractivity contribution < 1.29 is 4.79 Å². The molecule has 0 aromatic heterocycles. The van der Waals surface area contributed by atoms with Gasteiger partial charge in [0.25, 0.3) is 0 Å². The van der Waals surface area contributed by atoms with Crippen LogP contribution in [-0.4, -0.2) is 5.91 Å². The minimum absolute atomic E-state index is 0.0842. The van der Waals surface area contributed by atoms with Crippen molar-refractivity contribution in [3.05, 3.63) is 30.3 Å². The Kier molecular flexibility index (Phi) is 4.76. The highest BCUT2D eigenvalue weighted by molar-refractivity contribution is 5.90. The smallest absolute Gasteiger partial charge is 0.224 e. The summed E-state index contributed by atoms with van der Waals surface area (Å²) < 4.78 is 0. The SMILES string of the molecule is CCCCCC(=O)Nc1[c]cccc1. The fraction of sp³-hybridized carbons (Fsp3) is 0.417. The number of carbonyl (C=O) groups excluding carboxylic acids is 1. The van der Waals surface area contributed by atoms with Crippen LogP contribution < -0.4 is 5.32 Å². The summed E-state index contributed by atoms with van der Waals surface area (Å²) >= 11 is 0. The second-order valence-electron chi connectivity index (χ2n) is 3.28. The largest absolute Gasteiger partial charge is 0.326 e. The Morgan fingerprint density at radius 2 is 2.29 bits per heavy atom. The lowest BCUT2D eigenvalue weighted by molar-refractivity contribution is -0.116. The molecule has 0 aliphatic rings. The summed E-state index contributed by atoms with van der Waals surface area (Å²) in [4.78, 5) is 11.4. The van der Waals surface area contributed by atoms with Gasteiger partial charge < -0.3 is 5.32 Å². The fourth-order valence-electron chi connectivity index (χ4n) is 1.22. The van der Waals surface area contributed by atoms with E-state index in [1.165, 1.54) is 0 Å². The van der Waals surface area contributed by atoms with E-state index in [1.807, 2.05) is 18.2 Å². The van der Waals surface area contributed by atoms with Crippen LogP contribution in [0.25, 0.3) is 0 Å². The number of benzene rings is 1. The third-order valence-electron chi connectivity index (χ3n) is 1.99. The molecule has 1 aromatic rings. The molecule has 1 radical (unpaired) electrons. The molecule has 14 heavy (non-hydrogen) atoms. The third kappa shape index (κ3) is 4.08. The Balaban J connectivity index is 2.27. The standard InChI is InChI=1S/C12H16NO/c1-2-3-5-10-12(14)13-11-8-6-4-7-9-11/h4,6-8H,2-3,5,10H2,1H3,(H,13,14). The van der Waals surface area contributed by atoms with Crippen molar-refractivity contribution in [2.45, 2.75) is 32.6 Å². The average molecular weight is 190 g/mol. The van der Waals surface area contributed by atoms with Gasteiger partial charge >= 0.3 is 0 Å². The maximum absolute atomic E-state index is 11.4. The minimum atomic E-state index is 0.0842. The van der Waals surface area contributed by atoms with Crippen LogP contribution in [0.15, 0.2) is 24.3 Å². The van der Waals surface area contributed by atoms with Gasteiger partial charge in [0.1, 0.15) is 0 Å². The first-order chi connectivity index (χ1) is 6.83. The quantitative estimate of drug-likeness (QED) is 0.710. The van der Waals surface area contributed by atoms with E-state index in [4.69, 9.17) is 0 Å². The topological polar surface area (TPSA) is 29.1 Å². The van der Waals surface area contributed by atoms with Crippen LogP contribution in [0.5, 0.6) is 0 Å². The van der Waals surface area contributed by atoms with Crippen LogP contribution in [0, 0.1) is 6.07 Å². The predicted molar refractivity (Wildman–Crippen MR) is 58.0 cm³/mol. The Bertz CT molecular complexity index is 269. The molecule has 2 nitrogen and oxygen atoms in total. The van der Waals surface area contributed by atoms with E-state index in [1.54, 1.807) is 6.07 Å². The number of anilines is 1. The van der Waals surface area contributed by atoms with Crippen molar-refractivity contribution in [3.63, 3.8) is 0 Å². The van der Waals surface area contributed by atoms with E-state index in [9.17, 15) is 4.79 Å². The maximum Gasteiger partial charge on any atom is 0.224 e. The maximum atomic E-state index is 11.4. The van der Waals surface area contributed by atoms with E-state index in [-0.39, 0.29) is 5.91 Å². The highest BCUT2D eigenvalue weighted by atomic mass is 16.1. The Morgan fingerprint density at radius 1 is 1.43 bits per heavy atom. The van der Waals surface area contributed by atoms with Gasteiger partial charge in [0, 0.05) is 18.2 Å². The Morgan fingerprint density at radius 3 is 2.93 bits per heavy atom. The second-order valence-corrected chi connectivity index (χ2v) is 3.28. The molecule has 1 N–H and O–H groups in total. The summed E-state index contributed by atoms with van der Waals surface area (Å²) in [6, 6.07) is 10.4. The number of hydrogen-bond donors (Lipinski definition) is 1. The Hall–Kier alpha value is -1.31. The zero-order valence-electron chi connectivity index (χ0n) is 8.55. The molecule has 2 heteroatoms. The average Bonchev–Trinajstić information content (AvgIpc) is 2.20. The molecule has 0 saturated carbocycles. The molecule has 0 aliphatic heterocycles. The summed E-state index contributed by atoms with van der Waals surface area (Å²) in [5.41, 5.74) is 0.758. The van der Waals surface area contributed by atoms with Crippen LogP contribution in [0.3, 0.4) is 0 Å². The van der Waals surface area contributed by atoms with Gasteiger partial charge in [0.05, 0.1) is 0 Å². The molecule has 0 saturated heterocycles. The van der Waals surface area contributed by atoms with E-state index in [0.29, 0.717) is 6.42 Å². The first-order valence-corrected chi connectivity index (χ1v) is 5.09. The van der Waals surface area contributed by atoms with Gasteiger partial charge in [-0.25, -0.2) is 0 Å². The third-order valence-corrected chi connectivity index (χ3v) is 1.99. The minimum Gasteiger partial charge on any atom is -0.326 e. The zero-order chi connectivity index (χ0) is 10.2. The van der Waals surface area contributed by atoms with Gasteiger partial charge in [-0.2, -0.15) is 0 Å². The van der Waals surface area contributed by atoms with Gasteiger partial charge in [-0.05, 0) is 12.5 Å². The molecule has 0 spiro atoms. The van der Waals surface area contributed by atoms with E-state index < -0.39 is 0 Å². The van der Waals surface area contributed by atoms with E-state index >= 15 is 0 Å². The lowest BCUT2D eigenvalue weighted by Crippen LogP contribution is -2.10. The van der Waals surface area contributed by atoms with Crippen molar-refractivity contribution in [1.82, 2.24) is 0 Å². The first-order valence-electron chi connectivity index (χ1n) is 5.09. The van der Waals surface area contributed by atoms with Crippen molar-refractivity contribution in [3.8, 4) is 0 Å². The first kappa shape index (κ1) is 10.8. The molecule has 1 rings (SSSR count). The van der Waals surface area contributed by atoms with Crippen LogP contribution >= 0.6 is 0 Å². The lowest BCUT2D eigenvalue weighted by Gasteiger charge is -2.03. The van der Waals surface area contributed by atoms with Crippen molar-refractivity contribution >= 4 is 11.6 Å². The predicted octanol–water partition coefficient (Wildman–Crippen LogP) is 3.01. The normalized spacial score (nSPS) is 9.79. The lowest BCUT2D eigenvalue weighted by atomic mass is 10.2. The molecule has 0 unspecified atom stereocenters. The number of carbonyl (C=O) groups is 1. The van der Waals surface area contributed by atoms with E-state index in [2.05, 4.69) is 18.3 Å². The number of unbranched alkanes of at least 4 members (excludes halogenated alkanes) is 2. The van der Waals surface area contributed by atoms with Crippen molar-refractivity contribution in [2.24, 2.45) is 0 Å². The van der Waals surface area contributed by atoms with Gasteiger partial charge in [-0.15, -0.1) is 0 Å². The van der Waals surface area contributed by atoms with E-state index in [0.717, 1.165) is 24.9 Å². The van der Waals surface area contributed by atoms with Crippen LogP contribution in [-0.2, 0) is 4.79 Å². The van der Waals surface area contributed by atoms with Crippen LogP contribution in [0.4, 0.5) is 5.69 Å². The highest BCUT2D eigenvalue weighted by Gasteiger charge is 2.00. The second kappa shape index (κ2) is 6.19. The van der Waals surface area contributed by atoms with Gasteiger partial charge in [-0.3, -0.25) is 4.79 Å². The van der Waals surface area contributed by atoms with Gasteiger partial charge in [0.15, 0.2) is 0 Å². The van der Waals surface area contributed by atoms with Crippen molar-refractivity contribution in [2.75, 3.05) is 5.32 Å². The molecule has 0 aliphatic carbocycles. The Labute approximate surface area is 85.3 Å². The summed E-state index contributed by atoms with van der Waals surface area (Å²) in [5, 5.41) is 2.81. The summed E-state index contributed by atoms with van der Waals surface area (Å²) in [7, 11) is 0. The molecular weight excluding hydrogens is 174 g/mol.